The number of rotatable bonds is 7. The van der Waals surface area contributed by atoms with Gasteiger partial charge in [0.1, 0.15) is 5.76 Å². The van der Waals surface area contributed by atoms with Gasteiger partial charge >= 0.3 is 0 Å². The van der Waals surface area contributed by atoms with E-state index in [0.29, 0.717) is 0 Å². The van der Waals surface area contributed by atoms with Crippen molar-refractivity contribution in [3.8, 4) is 0 Å². The highest BCUT2D eigenvalue weighted by Gasteiger charge is 2.13. The Morgan fingerprint density at radius 3 is 2.62 bits per heavy atom. The summed E-state index contributed by atoms with van der Waals surface area (Å²) in [5.74, 6) is 0.0824. The van der Waals surface area contributed by atoms with Crippen molar-refractivity contribution in [2.24, 2.45) is 5.73 Å². The molecule has 0 aromatic carbocycles. The highest BCUT2D eigenvalue weighted by atomic mass is 16.7. The van der Waals surface area contributed by atoms with E-state index in [0.717, 1.165) is 51.7 Å². The largest absolute Gasteiger partial charge is 0.511 e. The lowest BCUT2D eigenvalue weighted by Crippen LogP contribution is -2.24. The predicted molar refractivity (Wildman–Crippen MR) is 63.1 cm³/mol. The average molecular weight is 229 g/mol. The average Bonchev–Trinajstić information content (AvgIpc) is 2.29. The highest BCUT2D eigenvalue weighted by molar-refractivity contribution is 4.91. The summed E-state index contributed by atoms with van der Waals surface area (Å²) >= 11 is 0. The second-order valence-corrected chi connectivity index (χ2v) is 4.26. The standard InChI is InChI=1S/C12H23NO3/c1-10(14)11(13)6-3-2-4-7-12-15-8-5-9-16-12/h11-12,14H,1-9,13H2. The first-order chi connectivity index (χ1) is 7.70. The van der Waals surface area contributed by atoms with Crippen LogP contribution in [0.2, 0.25) is 0 Å². The quantitative estimate of drug-likeness (QED) is 0.518. The Morgan fingerprint density at radius 1 is 1.31 bits per heavy atom. The van der Waals surface area contributed by atoms with E-state index in [1.807, 2.05) is 0 Å². The number of hydrogen-bond acceptors (Lipinski definition) is 4. The predicted octanol–water partition coefficient (Wildman–Crippen LogP) is 2.10. The van der Waals surface area contributed by atoms with Gasteiger partial charge in [0, 0.05) is 0 Å². The third kappa shape index (κ3) is 5.49. The van der Waals surface area contributed by atoms with Crippen molar-refractivity contribution in [3.05, 3.63) is 12.3 Å². The molecule has 94 valence electrons. The summed E-state index contributed by atoms with van der Waals surface area (Å²) in [6, 6.07) is -0.276. The molecule has 4 nitrogen and oxygen atoms in total. The lowest BCUT2D eigenvalue weighted by molar-refractivity contribution is -0.181. The van der Waals surface area contributed by atoms with Crippen molar-refractivity contribution < 1.29 is 14.6 Å². The molecule has 1 unspecified atom stereocenters. The zero-order valence-electron chi connectivity index (χ0n) is 9.86. The van der Waals surface area contributed by atoms with Gasteiger partial charge in [0.2, 0.25) is 0 Å². The number of unbranched alkanes of at least 4 members (excludes halogenated alkanes) is 2. The summed E-state index contributed by atoms with van der Waals surface area (Å²) in [5.41, 5.74) is 5.64. The van der Waals surface area contributed by atoms with Crippen LogP contribution in [0.25, 0.3) is 0 Å². The molecule has 4 heteroatoms. The lowest BCUT2D eigenvalue weighted by Gasteiger charge is -2.23. The van der Waals surface area contributed by atoms with Crippen LogP contribution in [0.3, 0.4) is 0 Å². The van der Waals surface area contributed by atoms with Crippen molar-refractivity contribution in [1.29, 1.82) is 0 Å². The molecule has 0 spiro atoms. The minimum Gasteiger partial charge on any atom is -0.511 e. The molecule has 1 aliphatic rings. The fraction of sp³-hybridized carbons (Fsp3) is 0.833. The van der Waals surface area contributed by atoms with Crippen LogP contribution in [0, 0.1) is 0 Å². The van der Waals surface area contributed by atoms with Gasteiger partial charge in [0.25, 0.3) is 0 Å². The van der Waals surface area contributed by atoms with Crippen LogP contribution >= 0.6 is 0 Å². The fourth-order valence-corrected chi connectivity index (χ4v) is 1.72. The van der Waals surface area contributed by atoms with Crippen LogP contribution in [0.1, 0.15) is 38.5 Å². The van der Waals surface area contributed by atoms with Crippen LogP contribution in [0.5, 0.6) is 0 Å². The molecule has 1 aliphatic heterocycles. The topological polar surface area (TPSA) is 64.7 Å². The third-order valence-electron chi connectivity index (χ3n) is 2.78. The van der Waals surface area contributed by atoms with E-state index >= 15 is 0 Å². The normalized spacial score (nSPS) is 19.6. The van der Waals surface area contributed by atoms with Gasteiger partial charge in [-0.3, -0.25) is 0 Å². The highest BCUT2D eigenvalue weighted by Crippen LogP contribution is 2.14. The van der Waals surface area contributed by atoms with Gasteiger partial charge in [-0.05, 0) is 25.7 Å². The summed E-state index contributed by atoms with van der Waals surface area (Å²) in [5, 5.41) is 9.02. The number of aliphatic hydroxyl groups is 1. The van der Waals surface area contributed by atoms with Gasteiger partial charge in [0.05, 0.1) is 19.3 Å². The summed E-state index contributed by atoms with van der Waals surface area (Å²) < 4.78 is 10.9. The lowest BCUT2D eigenvalue weighted by atomic mass is 10.1. The number of hydrogen-bond donors (Lipinski definition) is 2. The summed E-state index contributed by atoms with van der Waals surface area (Å²) in [7, 11) is 0. The van der Waals surface area contributed by atoms with E-state index in [9.17, 15) is 0 Å². The Hall–Kier alpha value is -0.580. The Balaban J connectivity index is 1.93. The first kappa shape index (κ1) is 13.5. The molecule has 0 amide bonds. The molecule has 3 N–H and O–H groups in total. The molecule has 0 saturated carbocycles. The van der Waals surface area contributed by atoms with Crippen molar-refractivity contribution in [1.82, 2.24) is 0 Å². The monoisotopic (exact) mass is 229 g/mol. The Labute approximate surface area is 97.4 Å². The van der Waals surface area contributed by atoms with Crippen LogP contribution in [-0.4, -0.2) is 30.7 Å². The number of nitrogens with two attached hydrogens (primary N) is 1. The molecule has 1 fully saturated rings. The van der Waals surface area contributed by atoms with E-state index in [-0.39, 0.29) is 18.1 Å². The molecule has 16 heavy (non-hydrogen) atoms. The van der Waals surface area contributed by atoms with Gasteiger partial charge in [-0.1, -0.05) is 19.4 Å². The smallest absolute Gasteiger partial charge is 0.157 e. The second-order valence-electron chi connectivity index (χ2n) is 4.26. The zero-order chi connectivity index (χ0) is 11.8. The van der Waals surface area contributed by atoms with Crippen LogP contribution in [0.4, 0.5) is 0 Å². The van der Waals surface area contributed by atoms with E-state index in [4.69, 9.17) is 20.3 Å². The van der Waals surface area contributed by atoms with Crippen molar-refractivity contribution in [2.75, 3.05) is 13.2 Å². The number of aliphatic hydroxyl groups excluding tert-OH is 1. The molecule has 0 bridgehead atoms. The molecule has 1 rings (SSSR count). The van der Waals surface area contributed by atoms with Crippen LogP contribution < -0.4 is 5.73 Å². The Morgan fingerprint density at radius 2 is 2.00 bits per heavy atom. The Bertz CT molecular complexity index is 202. The van der Waals surface area contributed by atoms with E-state index in [2.05, 4.69) is 6.58 Å². The maximum absolute atomic E-state index is 9.02. The van der Waals surface area contributed by atoms with E-state index in [1.165, 1.54) is 0 Å². The second kappa shape index (κ2) is 7.65. The summed E-state index contributed by atoms with van der Waals surface area (Å²) in [4.78, 5) is 0. The molecule has 0 aliphatic carbocycles. The molecule has 0 radical (unpaired) electrons. The number of ether oxygens (including phenoxy) is 2. The van der Waals surface area contributed by atoms with Crippen molar-refractivity contribution in [3.63, 3.8) is 0 Å². The zero-order valence-corrected chi connectivity index (χ0v) is 9.86. The maximum Gasteiger partial charge on any atom is 0.157 e. The SMILES string of the molecule is C=C(O)C(N)CCCCCC1OCCCO1. The van der Waals surface area contributed by atoms with Crippen molar-refractivity contribution in [2.45, 2.75) is 50.9 Å². The van der Waals surface area contributed by atoms with E-state index in [1.54, 1.807) is 0 Å². The van der Waals surface area contributed by atoms with Crippen LogP contribution in [0.15, 0.2) is 12.3 Å². The molecule has 1 saturated heterocycles. The maximum atomic E-state index is 9.02. The van der Waals surface area contributed by atoms with Crippen LogP contribution in [-0.2, 0) is 9.47 Å². The Kier molecular flexibility index (Phi) is 6.45. The molecule has 1 heterocycles. The van der Waals surface area contributed by atoms with Gasteiger partial charge in [0.15, 0.2) is 6.29 Å². The minimum absolute atomic E-state index is 0.00442. The van der Waals surface area contributed by atoms with E-state index < -0.39 is 0 Å². The minimum atomic E-state index is -0.276. The molecule has 0 aromatic rings. The van der Waals surface area contributed by atoms with Gasteiger partial charge in [-0.2, -0.15) is 0 Å². The fourth-order valence-electron chi connectivity index (χ4n) is 1.72. The summed E-state index contributed by atoms with van der Waals surface area (Å²) in [6.45, 7) is 5.06. The first-order valence-corrected chi connectivity index (χ1v) is 6.06. The molecule has 0 aromatic heterocycles. The summed E-state index contributed by atoms with van der Waals surface area (Å²) in [6.07, 6.45) is 5.92. The van der Waals surface area contributed by atoms with Crippen molar-refractivity contribution >= 4 is 0 Å². The third-order valence-corrected chi connectivity index (χ3v) is 2.78. The van der Waals surface area contributed by atoms with Gasteiger partial charge in [-0.15, -0.1) is 0 Å². The molecular weight excluding hydrogens is 206 g/mol. The van der Waals surface area contributed by atoms with Gasteiger partial charge in [-0.25, -0.2) is 0 Å². The molecule has 1 atom stereocenters. The molecular formula is C12H23NO3. The van der Waals surface area contributed by atoms with Gasteiger partial charge < -0.3 is 20.3 Å². The first-order valence-electron chi connectivity index (χ1n) is 6.06.